The lowest BCUT2D eigenvalue weighted by Gasteiger charge is -2.46. The van der Waals surface area contributed by atoms with Gasteiger partial charge in [0.15, 0.2) is 5.60 Å². The summed E-state index contributed by atoms with van der Waals surface area (Å²) in [5.74, 6) is -2.11. The average Bonchev–Trinajstić information content (AvgIpc) is 2.93. The summed E-state index contributed by atoms with van der Waals surface area (Å²) >= 11 is 12.3. The van der Waals surface area contributed by atoms with E-state index in [1.165, 1.54) is 25.2 Å². The lowest BCUT2D eigenvalue weighted by Crippen LogP contribution is -2.56. The van der Waals surface area contributed by atoms with Crippen LogP contribution in [0.1, 0.15) is 36.0 Å². The van der Waals surface area contributed by atoms with E-state index in [1.54, 1.807) is 0 Å². The summed E-state index contributed by atoms with van der Waals surface area (Å²) in [5.41, 5.74) is 0.199. The lowest BCUT2D eigenvalue weighted by atomic mass is 9.75. The Morgan fingerprint density at radius 1 is 1.12 bits per heavy atom. The maximum atomic E-state index is 13.3. The summed E-state index contributed by atoms with van der Waals surface area (Å²) in [6, 6.07) is 12.3. The van der Waals surface area contributed by atoms with E-state index < -0.39 is 35.9 Å². The highest BCUT2D eigenvalue weighted by atomic mass is 35.5. The average molecular weight is 615 g/mol. The highest BCUT2D eigenvalue weighted by molar-refractivity contribution is 6.42. The maximum Gasteiger partial charge on any atom is 0.471 e. The van der Waals surface area contributed by atoms with Crippen LogP contribution in [-0.4, -0.2) is 74.2 Å². The lowest BCUT2D eigenvalue weighted by molar-refractivity contribution is -0.187. The van der Waals surface area contributed by atoms with Crippen LogP contribution in [0.15, 0.2) is 42.5 Å². The molecule has 0 aromatic heterocycles. The van der Waals surface area contributed by atoms with E-state index in [9.17, 15) is 27.6 Å². The number of likely N-dealkylation sites (tertiary alicyclic amines) is 1. The molecule has 41 heavy (non-hydrogen) atoms. The fourth-order valence-corrected chi connectivity index (χ4v) is 6.02. The van der Waals surface area contributed by atoms with Gasteiger partial charge >= 0.3 is 18.2 Å². The molecule has 1 saturated heterocycles. The summed E-state index contributed by atoms with van der Waals surface area (Å²) in [6.07, 6.45) is -4.38. The Kier molecular flexibility index (Phi) is 9.10. The first-order chi connectivity index (χ1) is 19.3. The molecule has 0 unspecified atom stereocenters. The molecule has 2 heterocycles. The SMILES string of the molecule is CNC(=O)O[C@](CCN1CCC2(CC1)NC(=O)Cc1ccccc12)(CN(C)C(=O)C(F)(F)F)c1ccc(Cl)c(Cl)c1. The Labute approximate surface area is 246 Å². The number of nitrogens with zero attached hydrogens (tertiary/aromatic N) is 2. The van der Waals surface area contributed by atoms with Crippen LogP contribution in [-0.2, 0) is 31.9 Å². The zero-order valence-corrected chi connectivity index (χ0v) is 24.1. The molecule has 222 valence electrons. The second kappa shape index (κ2) is 12.1. The van der Waals surface area contributed by atoms with Crippen LogP contribution in [0, 0.1) is 0 Å². The van der Waals surface area contributed by atoms with Crippen LogP contribution >= 0.6 is 23.2 Å². The molecular formula is C28H31Cl2F3N4O4. The van der Waals surface area contributed by atoms with Gasteiger partial charge in [-0.3, -0.25) is 9.59 Å². The largest absolute Gasteiger partial charge is 0.471 e. The predicted octanol–water partition coefficient (Wildman–Crippen LogP) is 4.62. The van der Waals surface area contributed by atoms with Crippen LogP contribution in [0.5, 0.6) is 0 Å². The van der Waals surface area contributed by atoms with Gasteiger partial charge in [0, 0.05) is 40.2 Å². The van der Waals surface area contributed by atoms with Gasteiger partial charge < -0.3 is 25.2 Å². The molecule has 2 aliphatic rings. The molecule has 1 atom stereocenters. The minimum atomic E-state index is -5.12. The molecule has 0 radical (unpaired) electrons. The molecule has 4 rings (SSSR count). The van der Waals surface area contributed by atoms with Crippen LogP contribution in [0.25, 0.3) is 0 Å². The smallest absolute Gasteiger partial charge is 0.436 e. The number of nitrogens with one attached hydrogen (secondary N) is 2. The minimum Gasteiger partial charge on any atom is -0.436 e. The van der Waals surface area contributed by atoms with Crippen molar-refractivity contribution in [3.05, 3.63) is 69.2 Å². The summed E-state index contributed by atoms with van der Waals surface area (Å²) in [4.78, 5) is 39.7. The van der Waals surface area contributed by atoms with E-state index in [4.69, 9.17) is 27.9 Å². The summed E-state index contributed by atoms with van der Waals surface area (Å²) in [5, 5.41) is 5.85. The van der Waals surface area contributed by atoms with Gasteiger partial charge in [0.1, 0.15) is 0 Å². The monoisotopic (exact) mass is 614 g/mol. The van der Waals surface area contributed by atoms with E-state index in [0.717, 1.165) is 18.2 Å². The fourth-order valence-electron chi connectivity index (χ4n) is 5.72. The Morgan fingerprint density at radius 2 is 1.80 bits per heavy atom. The molecule has 2 aromatic rings. The topological polar surface area (TPSA) is 91.0 Å². The molecule has 2 N–H and O–H groups in total. The number of amides is 3. The molecule has 8 nitrogen and oxygen atoms in total. The Morgan fingerprint density at radius 3 is 2.44 bits per heavy atom. The second-order valence-electron chi connectivity index (χ2n) is 10.5. The molecule has 2 aliphatic heterocycles. The molecule has 2 aromatic carbocycles. The zero-order valence-electron chi connectivity index (χ0n) is 22.6. The molecular weight excluding hydrogens is 584 g/mol. The maximum absolute atomic E-state index is 13.3. The number of alkyl carbamates (subject to hydrolysis) is 1. The Bertz CT molecular complexity index is 1320. The van der Waals surface area contributed by atoms with Crippen LogP contribution in [0.4, 0.5) is 18.0 Å². The molecule has 1 spiro atoms. The first-order valence-corrected chi connectivity index (χ1v) is 13.8. The number of fused-ring (bicyclic) bond motifs is 2. The van der Waals surface area contributed by atoms with E-state index in [1.807, 2.05) is 24.3 Å². The van der Waals surface area contributed by atoms with Crippen molar-refractivity contribution in [3.8, 4) is 0 Å². The molecule has 0 aliphatic carbocycles. The molecule has 0 saturated carbocycles. The number of rotatable bonds is 7. The number of halogens is 5. The number of likely N-dealkylation sites (N-methyl/N-ethyl adjacent to an activating group) is 1. The van der Waals surface area contributed by atoms with Crippen LogP contribution in [0.3, 0.4) is 0 Å². The van der Waals surface area contributed by atoms with Crippen molar-refractivity contribution >= 4 is 41.1 Å². The summed E-state index contributed by atoms with van der Waals surface area (Å²) in [6.45, 7) is 0.877. The minimum absolute atomic E-state index is 0.0351. The number of carbonyl (C=O) groups excluding carboxylic acids is 3. The number of benzene rings is 2. The van der Waals surface area contributed by atoms with Gasteiger partial charge in [-0.25, -0.2) is 4.79 Å². The van der Waals surface area contributed by atoms with Gasteiger partial charge in [0.05, 0.1) is 28.5 Å². The highest BCUT2D eigenvalue weighted by Gasteiger charge is 2.47. The Balaban J connectivity index is 1.60. The summed E-state index contributed by atoms with van der Waals surface area (Å²) < 4.78 is 45.7. The van der Waals surface area contributed by atoms with Crippen molar-refractivity contribution in [2.75, 3.05) is 40.3 Å². The van der Waals surface area contributed by atoms with Gasteiger partial charge in [-0.15, -0.1) is 0 Å². The predicted molar refractivity (Wildman–Crippen MR) is 148 cm³/mol. The quantitative estimate of drug-likeness (QED) is 0.475. The number of alkyl halides is 3. The summed E-state index contributed by atoms with van der Waals surface area (Å²) in [7, 11) is 2.33. The zero-order chi connectivity index (χ0) is 30.0. The van der Waals surface area contributed by atoms with E-state index in [0.29, 0.717) is 49.4 Å². The van der Waals surface area contributed by atoms with Gasteiger partial charge in [-0.1, -0.05) is 53.5 Å². The number of hydrogen-bond acceptors (Lipinski definition) is 5. The number of piperidine rings is 1. The van der Waals surface area contributed by atoms with Crippen molar-refractivity contribution in [2.24, 2.45) is 0 Å². The van der Waals surface area contributed by atoms with Crippen molar-refractivity contribution in [2.45, 2.75) is 43.0 Å². The van der Waals surface area contributed by atoms with Gasteiger partial charge in [0.25, 0.3) is 0 Å². The third-order valence-corrected chi connectivity index (χ3v) is 8.56. The Hall–Kier alpha value is -3.02. The highest BCUT2D eigenvalue weighted by Crippen LogP contribution is 2.40. The second-order valence-corrected chi connectivity index (χ2v) is 11.3. The number of ether oxygens (including phenoxy) is 1. The molecule has 1 fully saturated rings. The van der Waals surface area contributed by atoms with Gasteiger partial charge in [0.2, 0.25) is 5.91 Å². The number of carbonyl (C=O) groups is 3. The first-order valence-electron chi connectivity index (χ1n) is 13.1. The van der Waals surface area contributed by atoms with Crippen LogP contribution < -0.4 is 10.6 Å². The molecule has 3 amide bonds. The van der Waals surface area contributed by atoms with Crippen molar-refractivity contribution in [1.82, 2.24) is 20.4 Å². The van der Waals surface area contributed by atoms with Gasteiger partial charge in [-0.2, -0.15) is 13.2 Å². The van der Waals surface area contributed by atoms with Crippen molar-refractivity contribution in [1.29, 1.82) is 0 Å². The standard InChI is InChI=1S/C28H31Cl2F3N4O4/c1-34-25(40)41-27(17-36(2)24(39)28(31,32)33,19-7-8-21(29)22(30)16-19)11-14-37-12-9-26(10-13-37)20-6-4-3-5-18(20)15-23(38)35-26/h3-8,16H,9-15,17H2,1-2H3,(H,34,40)(H,35,38)/t27-/m1/s1. The first kappa shape index (κ1) is 30.9. The van der Waals surface area contributed by atoms with Crippen LogP contribution in [0.2, 0.25) is 10.0 Å². The van der Waals surface area contributed by atoms with Gasteiger partial charge in [-0.05, 0) is 41.7 Å². The third-order valence-electron chi connectivity index (χ3n) is 7.82. The van der Waals surface area contributed by atoms with Crippen molar-refractivity contribution in [3.63, 3.8) is 0 Å². The molecule has 13 heteroatoms. The van der Waals surface area contributed by atoms with E-state index >= 15 is 0 Å². The van der Waals surface area contributed by atoms with E-state index in [2.05, 4.69) is 15.5 Å². The van der Waals surface area contributed by atoms with E-state index in [-0.39, 0.29) is 22.4 Å². The third kappa shape index (κ3) is 6.73. The normalized spacial score (nSPS) is 18.2. The van der Waals surface area contributed by atoms with Crippen molar-refractivity contribution < 1.29 is 32.3 Å². The number of hydrogen-bond donors (Lipinski definition) is 2. The fraction of sp³-hybridized carbons (Fsp3) is 0.464. The molecule has 0 bridgehead atoms.